The quantitative estimate of drug-likeness (QED) is 0.860. The molecule has 2 heterocycles. The van der Waals surface area contributed by atoms with Gasteiger partial charge in [0.25, 0.3) is 5.91 Å². The monoisotopic (exact) mass is 308 g/mol. The van der Waals surface area contributed by atoms with Crippen molar-refractivity contribution in [2.75, 3.05) is 18.4 Å². The molecule has 7 heteroatoms. The van der Waals surface area contributed by atoms with E-state index in [1.807, 2.05) is 19.2 Å². The SMILES string of the molecule is CCNc1ncc(F)cc1C(=O)NCCc1nc(C)cs1. The first-order chi connectivity index (χ1) is 10.1. The molecule has 0 atom stereocenters. The van der Waals surface area contributed by atoms with Gasteiger partial charge in [-0.15, -0.1) is 11.3 Å². The fourth-order valence-electron chi connectivity index (χ4n) is 1.82. The number of nitrogens with zero attached hydrogens (tertiary/aromatic N) is 2. The standard InChI is InChI=1S/C14H17FN4OS/c1-3-16-13-11(6-10(15)7-18-13)14(20)17-5-4-12-19-9(2)8-21-12/h6-8H,3-5H2,1-2H3,(H,16,18)(H,17,20). The van der Waals surface area contributed by atoms with Gasteiger partial charge in [-0.25, -0.2) is 14.4 Å². The first kappa shape index (κ1) is 15.4. The van der Waals surface area contributed by atoms with Crippen LogP contribution in [-0.2, 0) is 6.42 Å². The topological polar surface area (TPSA) is 66.9 Å². The van der Waals surface area contributed by atoms with E-state index in [1.54, 1.807) is 11.3 Å². The van der Waals surface area contributed by atoms with Gasteiger partial charge in [0.15, 0.2) is 0 Å². The number of hydrogen-bond acceptors (Lipinski definition) is 5. The average molecular weight is 308 g/mol. The Morgan fingerprint density at radius 3 is 2.95 bits per heavy atom. The van der Waals surface area contributed by atoms with E-state index in [4.69, 9.17) is 0 Å². The molecule has 0 saturated carbocycles. The molecule has 0 aliphatic carbocycles. The van der Waals surface area contributed by atoms with Crippen LogP contribution in [0.1, 0.15) is 28.0 Å². The second kappa shape index (κ2) is 7.12. The third-order valence-electron chi connectivity index (χ3n) is 2.73. The van der Waals surface area contributed by atoms with Crippen molar-refractivity contribution in [3.8, 4) is 0 Å². The predicted octanol–water partition coefficient (Wildman–Crippen LogP) is 2.39. The number of anilines is 1. The molecule has 5 nitrogen and oxygen atoms in total. The molecule has 112 valence electrons. The van der Waals surface area contributed by atoms with Crippen molar-refractivity contribution in [3.63, 3.8) is 0 Å². The molecular formula is C14H17FN4OS. The number of thiazole rings is 1. The Kier molecular flexibility index (Phi) is 5.21. The lowest BCUT2D eigenvalue weighted by molar-refractivity contribution is 0.0954. The molecule has 2 rings (SSSR count). The first-order valence-electron chi connectivity index (χ1n) is 6.68. The van der Waals surface area contributed by atoms with Crippen molar-refractivity contribution < 1.29 is 9.18 Å². The summed E-state index contributed by atoms with van der Waals surface area (Å²) in [6.45, 7) is 4.88. The minimum atomic E-state index is -0.530. The normalized spacial score (nSPS) is 10.4. The number of hydrogen-bond donors (Lipinski definition) is 2. The lowest BCUT2D eigenvalue weighted by atomic mass is 10.2. The van der Waals surface area contributed by atoms with Gasteiger partial charge in [-0.05, 0) is 19.9 Å². The van der Waals surface area contributed by atoms with Crippen LogP contribution in [0.5, 0.6) is 0 Å². The third-order valence-corrected chi connectivity index (χ3v) is 3.76. The van der Waals surface area contributed by atoms with Gasteiger partial charge in [-0.1, -0.05) is 0 Å². The van der Waals surface area contributed by atoms with Gasteiger partial charge in [0.1, 0.15) is 11.6 Å². The smallest absolute Gasteiger partial charge is 0.255 e. The summed E-state index contributed by atoms with van der Waals surface area (Å²) in [6, 6.07) is 1.19. The highest BCUT2D eigenvalue weighted by Crippen LogP contribution is 2.13. The summed E-state index contributed by atoms with van der Waals surface area (Å²) in [5.41, 5.74) is 1.19. The summed E-state index contributed by atoms with van der Waals surface area (Å²) in [5, 5.41) is 8.65. The van der Waals surface area contributed by atoms with Gasteiger partial charge in [-0.2, -0.15) is 0 Å². The minimum absolute atomic E-state index is 0.215. The van der Waals surface area contributed by atoms with E-state index >= 15 is 0 Å². The van der Waals surface area contributed by atoms with Crippen molar-refractivity contribution in [2.45, 2.75) is 20.3 Å². The van der Waals surface area contributed by atoms with E-state index in [1.165, 1.54) is 6.07 Å². The highest BCUT2D eigenvalue weighted by molar-refractivity contribution is 7.09. The van der Waals surface area contributed by atoms with Crippen LogP contribution in [-0.4, -0.2) is 29.0 Å². The zero-order valence-corrected chi connectivity index (χ0v) is 12.8. The Morgan fingerprint density at radius 2 is 2.29 bits per heavy atom. The average Bonchev–Trinajstić information content (AvgIpc) is 2.86. The molecule has 0 unspecified atom stereocenters. The van der Waals surface area contributed by atoms with Crippen molar-refractivity contribution in [2.24, 2.45) is 0 Å². The van der Waals surface area contributed by atoms with Gasteiger partial charge in [-0.3, -0.25) is 4.79 Å². The maximum absolute atomic E-state index is 13.3. The Morgan fingerprint density at radius 1 is 1.48 bits per heavy atom. The molecule has 2 aromatic rings. The second-order valence-electron chi connectivity index (χ2n) is 4.47. The zero-order valence-electron chi connectivity index (χ0n) is 11.9. The number of nitrogens with one attached hydrogen (secondary N) is 2. The lowest BCUT2D eigenvalue weighted by Crippen LogP contribution is -2.27. The highest BCUT2D eigenvalue weighted by Gasteiger charge is 2.13. The maximum atomic E-state index is 13.3. The van der Waals surface area contributed by atoms with Crippen molar-refractivity contribution >= 4 is 23.1 Å². The number of amides is 1. The summed E-state index contributed by atoms with van der Waals surface area (Å²) in [5.74, 6) is -0.481. The molecule has 0 aliphatic rings. The molecule has 0 aromatic carbocycles. The van der Waals surface area contributed by atoms with Crippen LogP contribution < -0.4 is 10.6 Å². The number of halogens is 1. The molecule has 0 bridgehead atoms. The van der Waals surface area contributed by atoms with Gasteiger partial charge in [0, 0.05) is 30.6 Å². The van der Waals surface area contributed by atoms with Crippen LogP contribution in [0.25, 0.3) is 0 Å². The number of aryl methyl sites for hydroxylation is 1. The highest BCUT2D eigenvalue weighted by atomic mass is 32.1. The van der Waals surface area contributed by atoms with Crippen molar-refractivity contribution in [3.05, 3.63) is 39.7 Å². The van der Waals surface area contributed by atoms with Gasteiger partial charge >= 0.3 is 0 Å². The number of pyridine rings is 1. The van der Waals surface area contributed by atoms with E-state index in [0.717, 1.165) is 16.9 Å². The zero-order chi connectivity index (χ0) is 15.2. The van der Waals surface area contributed by atoms with Crippen LogP contribution in [0.15, 0.2) is 17.6 Å². The maximum Gasteiger partial charge on any atom is 0.255 e. The lowest BCUT2D eigenvalue weighted by Gasteiger charge is -2.09. The molecule has 21 heavy (non-hydrogen) atoms. The van der Waals surface area contributed by atoms with Crippen molar-refractivity contribution in [1.29, 1.82) is 0 Å². The second-order valence-corrected chi connectivity index (χ2v) is 5.41. The van der Waals surface area contributed by atoms with Gasteiger partial charge in [0.05, 0.1) is 16.8 Å². The molecule has 0 radical (unpaired) electrons. The molecule has 2 N–H and O–H groups in total. The van der Waals surface area contributed by atoms with Crippen LogP contribution in [0.2, 0.25) is 0 Å². The van der Waals surface area contributed by atoms with Crippen LogP contribution in [0.4, 0.5) is 10.2 Å². The van der Waals surface area contributed by atoms with E-state index < -0.39 is 5.82 Å². The summed E-state index contributed by atoms with van der Waals surface area (Å²) < 4.78 is 13.3. The van der Waals surface area contributed by atoms with Crippen LogP contribution >= 0.6 is 11.3 Å². The molecular weight excluding hydrogens is 291 g/mol. The number of aromatic nitrogens is 2. The van der Waals surface area contributed by atoms with Gasteiger partial charge < -0.3 is 10.6 Å². The molecule has 1 amide bonds. The fraction of sp³-hybridized carbons (Fsp3) is 0.357. The van der Waals surface area contributed by atoms with Gasteiger partial charge in [0.2, 0.25) is 0 Å². The van der Waals surface area contributed by atoms with E-state index in [9.17, 15) is 9.18 Å². The molecule has 0 aliphatic heterocycles. The van der Waals surface area contributed by atoms with Crippen LogP contribution in [0, 0.1) is 12.7 Å². The van der Waals surface area contributed by atoms with E-state index in [-0.39, 0.29) is 11.5 Å². The molecule has 0 spiro atoms. The Labute approximate surface area is 126 Å². The Balaban J connectivity index is 1.97. The number of carbonyl (C=O) groups is 1. The predicted molar refractivity (Wildman–Crippen MR) is 81.2 cm³/mol. The fourth-order valence-corrected chi connectivity index (χ4v) is 2.59. The van der Waals surface area contributed by atoms with Crippen molar-refractivity contribution in [1.82, 2.24) is 15.3 Å². The minimum Gasteiger partial charge on any atom is -0.370 e. The Hall–Kier alpha value is -2.02. The first-order valence-corrected chi connectivity index (χ1v) is 7.56. The third kappa shape index (κ3) is 4.22. The summed E-state index contributed by atoms with van der Waals surface area (Å²) in [6.07, 6.45) is 1.75. The summed E-state index contributed by atoms with van der Waals surface area (Å²) in [4.78, 5) is 20.3. The summed E-state index contributed by atoms with van der Waals surface area (Å²) in [7, 11) is 0. The van der Waals surface area contributed by atoms with Crippen LogP contribution in [0.3, 0.4) is 0 Å². The number of rotatable bonds is 6. The van der Waals surface area contributed by atoms with E-state index in [0.29, 0.717) is 25.3 Å². The molecule has 2 aromatic heterocycles. The molecule has 0 fully saturated rings. The molecule has 0 saturated heterocycles. The van der Waals surface area contributed by atoms with E-state index in [2.05, 4.69) is 20.6 Å². The number of carbonyl (C=O) groups excluding carboxylic acids is 1. The summed E-state index contributed by atoms with van der Waals surface area (Å²) >= 11 is 1.56. The largest absolute Gasteiger partial charge is 0.370 e. The Bertz CT molecular complexity index is 629.